The molecule has 0 radical (unpaired) electrons. The van der Waals surface area contributed by atoms with Gasteiger partial charge < -0.3 is 14.2 Å². The van der Waals surface area contributed by atoms with Crippen LogP contribution in [0.5, 0.6) is 0 Å². The minimum atomic E-state index is 0.248. The summed E-state index contributed by atoms with van der Waals surface area (Å²) in [5, 5.41) is 0. The van der Waals surface area contributed by atoms with Gasteiger partial charge in [0.1, 0.15) is 13.6 Å². The first-order chi connectivity index (χ1) is 18.3. The normalized spacial score (nSPS) is 13.7. The predicted molar refractivity (Wildman–Crippen MR) is 164 cm³/mol. The van der Waals surface area contributed by atoms with Gasteiger partial charge in [-0.05, 0) is 51.4 Å². The van der Waals surface area contributed by atoms with Gasteiger partial charge in [0, 0.05) is 11.8 Å². The van der Waals surface area contributed by atoms with E-state index in [2.05, 4.69) is 38.2 Å². The number of alkyl halides is 2. The SMILES string of the molecule is CCCCCCCCC(CC/C=C/CCCl)OCOCOC(CC/C=C/CCCl)CCCCCCCC. The fourth-order valence-electron chi connectivity index (χ4n) is 4.41. The maximum absolute atomic E-state index is 6.13. The second-order valence-electron chi connectivity index (χ2n) is 10.2. The second-order valence-corrected chi connectivity index (χ2v) is 10.9. The molecule has 0 aromatic carbocycles. The molecule has 0 aromatic rings. The number of allylic oxidation sites excluding steroid dienone is 4. The first-order valence-corrected chi connectivity index (χ1v) is 16.6. The zero-order chi connectivity index (χ0) is 27.1. The lowest BCUT2D eigenvalue weighted by Gasteiger charge is -2.20. The van der Waals surface area contributed by atoms with E-state index >= 15 is 0 Å². The molecule has 0 fully saturated rings. The summed E-state index contributed by atoms with van der Waals surface area (Å²) >= 11 is 11.5. The van der Waals surface area contributed by atoms with Crippen molar-refractivity contribution in [2.45, 2.75) is 154 Å². The fraction of sp³-hybridized carbons (Fsp3) is 0.875. The second kappa shape index (κ2) is 32.2. The summed E-state index contributed by atoms with van der Waals surface area (Å²) in [4.78, 5) is 0. The Morgan fingerprint density at radius 3 is 1.27 bits per heavy atom. The smallest absolute Gasteiger partial charge is 0.149 e. The molecule has 0 spiro atoms. The summed E-state index contributed by atoms with van der Waals surface area (Å²) < 4.78 is 18.1. The Hall–Kier alpha value is -0.0600. The minimum absolute atomic E-state index is 0.248. The summed E-state index contributed by atoms with van der Waals surface area (Å²) in [6.45, 7) is 5.15. The van der Waals surface area contributed by atoms with Gasteiger partial charge >= 0.3 is 0 Å². The lowest BCUT2D eigenvalue weighted by atomic mass is 10.0. The lowest BCUT2D eigenvalue weighted by Crippen LogP contribution is -2.19. The summed E-state index contributed by atoms with van der Waals surface area (Å²) in [7, 11) is 0. The molecule has 0 heterocycles. The Morgan fingerprint density at radius 2 is 0.865 bits per heavy atom. The first-order valence-electron chi connectivity index (χ1n) is 15.5. The number of hydrogen-bond donors (Lipinski definition) is 0. The quantitative estimate of drug-likeness (QED) is 0.0376. The standard InChI is InChI=1S/C32H60Cl2O3/c1-3-5-7-9-11-17-23-31(25-19-13-15-21-27-33)36-29-35-30-37-32(26-20-14-16-22-28-34)24-18-12-10-8-6-4-2/h13-16,31-32H,3-12,17-30H2,1-2H3/b15-13+,16-14+. The molecule has 0 N–H and O–H groups in total. The van der Waals surface area contributed by atoms with Gasteiger partial charge in [0.15, 0.2) is 0 Å². The van der Waals surface area contributed by atoms with E-state index in [4.69, 9.17) is 37.4 Å². The van der Waals surface area contributed by atoms with Crippen LogP contribution in [0.2, 0.25) is 0 Å². The highest BCUT2D eigenvalue weighted by Crippen LogP contribution is 2.17. The summed E-state index contributed by atoms with van der Waals surface area (Å²) in [5.41, 5.74) is 0. The Kier molecular flexibility index (Phi) is 32.1. The van der Waals surface area contributed by atoms with Crippen molar-refractivity contribution in [3.63, 3.8) is 0 Å². The van der Waals surface area contributed by atoms with Gasteiger partial charge in [0.25, 0.3) is 0 Å². The monoisotopic (exact) mass is 562 g/mol. The Bertz CT molecular complexity index is 443. The third-order valence-corrected chi connectivity index (χ3v) is 7.17. The van der Waals surface area contributed by atoms with Gasteiger partial charge in [-0.2, -0.15) is 0 Å². The van der Waals surface area contributed by atoms with Crippen molar-refractivity contribution >= 4 is 23.2 Å². The molecule has 2 unspecified atom stereocenters. The summed E-state index contributed by atoms with van der Waals surface area (Å²) in [5.74, 6) is 1.37. The average molecular weight is 564 g/mol. The van der Waals surface area contributed by atoms with Crippen molar-refractivity contribution in [1.29, 1.82) is 0 Å². The van der Waals surface area contributed by atoms with Crippen molar-refractivity contribution in [3.05, 3.63) is 24.3 Å². The largest absolute Gasteiger partial charge is 0.352 e. The molecule has 0 aliphatic heterocycles. The van der Waals surface area contributed by atoms with Crippen molar-refractivity contribution < 1.29 is 14.2 Å². The third-order valence-electron chi connectivity index (χ3n) is 6.73. The van der Waals surface area contributed by atoms with Crippen LogP contribution in [0, 0.1) is 0 Å². The van der Waals surface area contributed by atoms with E-state index in [1.54, 1.807) is 0 Å². The van der Waals surface area contributed by atoms with E-state index in [0.717, 1.165) is 51.4 Å². The molecule has 2 atom stereocenters. The van der Waals surface area contributed by atoms with E-state index < -0.39 is 0 Å². The van der Waals surface area contributed by atoms with E-state index in [9.17, 15) is 0 Å². The highest BCUT2D eigenvalue weighted by Gasteiger charge is 2.11. The van der Waals surface area contributed by atoms with Crippen LogP contribution < -0.4 is 0 Å². The van der Waals surface area contributed by atoms with E-state index in [1.807, 2.05) is 0 Å². The zero-order valence-corrected chi connectivity index (χ0v) is 25.9. The molecule has 0 aliphatic rings. The van der Waals surface area contributed by atoms with Crippen LogP contribution in [0.25, 0.3) is 0 Å². The van der Waals surface area contributed by atoms with Gasteiger partial charge in [-0.25, -0.2) is 0 Å². The van der Waals surface area contributed by atoms with E-state index in [1.165, 1.54) is 77.0 Å². The maximum Gasteiger partial charge on any atom is 0.149 e. The molecule has 0 saturated carbocycles. The number of halogens is 2. The number of ether oxygens (including phenoxy) is 3. The van der Waals surface area contributed by atoms with Crippen molar-refractivity contribution in [2.24, 2.45) is 0 Å². The summed E-state index contributed by atoms with van der Waals surface area (Å²) in [6, 6.07) is 0. The number of rotatable bonds is 30. The Balaban J connectivity index is 4.33. The molecule has 5 heteroatoms. The van der Waals surface area contributed by atoms with Gasteiger partial charge in [0.05, 0.1) is 12.2 Å². The van der Waals surface area contributed by atoms with Gasteiger partial charge in [-0.1, -0.05) is 115 Å². The van der Waals surface area contributed by atoms with Crippen LogP contribution in [-0.4, -0.2) is 37.6 Å². The molecule has 0 aromatic heterocycles. The molecule has 220 valence electrons. The van der Waals surface area contributed by atoms with Gasteiger partial charge in [-0.15, -0.1) is 23.2 Å². The lowest BCUT2D eigenvalue weighted by molar-refractivity contribution is -0.167. The fourth-order valence-corrected chi connectivity index (χ4v) is 4.66. The first kappa shape index (κ1) is 36.9. The molecule has 0 amide bonds. The van der Waals surface area contributed by atoms with Crippen LogP contribution >= 0.6 is 23.2 Å². The minimum Gasteiger partial charge on any atom is -0.352 e. The highest BCUT2D eigenvalue weighted by atomic mass is 35.5. The highest BCUT2D eigenvalue weighted by molar-refractivity contribution is 6.18. The van der Waals surface area contributed by atoms with Gasteiger partial charge in [0.2, 0.25) is 0 Å². The topological polar surface area (TPSA) is 27.7 Å². The van der Waals surface area contributed by atoms with Gasteiger partial charge in [-0.3, -0.25) is 0 Å². The van der Waals surface area contributed by atoms with Crippen molar-refractivity contribution in [1.82, 2.24) is 0 Å². The van der Waals surface area contributed by atoms with E-state index in [0.29, 0.717) is 25.3 Å². The van der Waals surface area contributed by atoms with Crippen LogP contribution in [0.15, 0.2) is 24.3 Å². The molecule has 3 nitrogen and oxygen atoms in total. The maximum atomic E-state index is 6.13. The molecule has 0 aliphatic carbocycles. The van der Waals surface area contributed by atoms with Crippen LogP contribution in [0.4, 0.5) is 0 Å². The number of unbranched alkanes of at least 4 members (excludes halogenated alkanes) is 10. The molecular formula is C32H60Cl2O3. The summed E-state index contributed by atoms with van der Waals surface area (Å²) in [6.07, 6.45) is 33.3. The Labute approximate surface area is 241 Å². The van der Waals surface area contributed by atoms with Crippen LogP contribution in [-0.2, 0) is 14.2 Å². The molecule has 0 saturated heterocycles. The molecule has 37 heavy (non-hydrogen) atoms. The molecular weight excluding hydrogens is 503 g/mol. The van der Waals surface area contributed by atoms with Crippen LogP contribution in [0.3, 0.4) is 0 Å². The zero-order valence-electron chi connectivity index (χ0n) is 24.4. The predicted octanol–water partition coefficient (Wildman–Crippen LogP) is 11.1. The third kappa shape index (κ3) is 28.8. The van der Waals surface area contributed by atoms with Crippen LogP contribution in [0.1, 0.15) is 142 Å². The molecule has 0 rings (SSSR count). The van der Waals surface area contributed by atoms with Crippen molar-refractivity contribution in [3.8, 4) is 0 Å². The van der Waals surface area contributed by atoms with Crippen molar-refractivity contribution in [2.75, 3.05) is 25.3 Å². The Morgan fingerprint density at radius 1 is 0.486 bits per heavy atom. The molecule has 0 bridgehead atoms. The average Bonchev–Trinajstić information content (AvgIpc) is 2.91. The number of hydrogen-bond acceptors (Lipinski definition) is 3. The van der Waals surface area contributed by atoms with E-state index in [-0.39, 0.29) is 12.2 Å².